The van der Waals surface area contributed by atoms with Crippen molar-refractivity contribution in [1.82, 2.24) is 0 Å². The van der Waals surface area contributed by atoms with Gasteiger partial charge in [0, 0.05) is 23.2 Å². The first-order valence-electron chi connectivity index (χ1n) is 5.08. The van der Waals surface area contributed by atoms with Crippen LogP contribution in [0.3, 0.4) is 0 Å². The summed E-state index contributed by atoms with van der Waals surface area (Å²) in [7, 11) is 0. The Kier molecular flexibility index (Phi) is 3.61. The third-order valence-corrected chi connectivity index (χ3v) is 3.95. The first-order chi connectivity index (χ1) is 8.03. The molecular weight excluding hydrogens is 309 g/mol. The highest BCUT2D eigenvalue weighted by Gasteiger charge is 2.42. The fourth-order valence-corrected chi connectivity index (χ4v) is 2.23. The lowest BCUT2D eigenvalue weighted by Crippen LogP contribution is -2.47. The lowest BCUT2D eigenvalue weighted by atomic mass is 9.98. The zero-order valence-corrected chi connectivity index (χ0v) is 11.2. The van der Waals surface area contributed by atoms with Gasteiger partial charge in [-0.3, -0.25) is 0 Å². The number of carboxylic acids is 1. The zero-order valence-electron chi connectivity index (χ0n) is 8.87. The van der Waals surface area contributed by atoms with Gasteiger partial charge in [-0.15, -0.1) is 0 Å². The Morgan fingerprint density at radius 3 is 2.88 bits per heavy atom. The molecule has 4 nitrogen and oxygen atoms in total. The van der Waals surface area contributed by atoms with Gasteiger partial charge in [0.05, 0.1) is 11.6 Å². The molecule has 0 spiro atoms. The molecule has 2 N–H and O–H groups in total. The van der Waals surface area contributed by atoms with Crippen LogP contribution in [0, 0.1) is 0 Å². The molecule has 1 aromatic rings. The Labute approximate surface area is 112 Å². The molecule has 1 heterocycles. The van der Waals surface area contributed by atoms with E-state index in [2.05, 4.69) is 21.2 Å². The highest BCUT2D eigenvalue weighted by Crippen LogP contribution is 2.29. The third-order valence-electron chi connectivity index (χ3n) is 2.73. The van der Waals surface area contributed by atoms with Gasteiger partial charge in [-0.25, -0.2) is 4.79 Å². The summed E-state index contributed by atoms with van der Waals surface area (Å²) in [5, 5.41) is 12.9. The molecule has 1 aliphatic rings. The van der Waals surface area contributed by atoms with Crippen LogP contribution in [0.2, 0.25) is 5.02 Å². The van der Waals surface area contributed by atoms with Crippen LogP contribution in [0.5, 0.6) is 0 Å². The SMILES string of the molecule is O=C(O)C1(Nc2ccc(Cl)c(Br)c2)CCOC1. The molecule has 1 aliphatic heterocycles. The minimum absolute atomic E-state index is 0.169. The summed E-state index contributed by atoms with van der Waals surface area (Å²) in [5.41, 5.74) is -0.332. The van der Waals surface area contributed by atoms with Gasteiger partial charge in [0.15, 0.2) is 5.54 Å². The largest absolute Gasteiger partial charge is 0.479 e. The van der Waals surface area contributed by atoms with Gasteiger partial charge in [-0.2, -0.15) is 0 Å². The number of ether oxygens (including phenoxy) is 1. The van der Waals surface area contributed by atoms with Crippen LogP contribution in [0.1, 0.15) is 6.42 Å². The number of carboxylic acid groups (broad SMARTS) is 1. The predicted octanol–water partition coefficient (Wildman–Crippen LogP) is 2.76. The number of anilines is 1. The van der Waals surface area contributed by atoms with Crippen LogP contribution in [-0.4, -0.2) is 29.8 Å². The summed E-state index contributed by atoms with van der Waals surface area (Å²) in [4.78, 5) is 11.3. The Bertz CT molecular complexity index is 446. The standard InChI is InChI=1S/C11H11BrClNO3/c12-8-5-7(1-2-9(8)13)14-11(10(15)16)3-4-17-6-11/h1-2,5,14H,3-4,6H2,(H,15,16). The van der Waals surface area contributed by atoms with E-state index in [1.165, 1.54) is 0 Å². The van der Waals surface area contributed by atoms with Gasteiger partial charge in [-0.1, -0.05) is 11.6 Å². The van der Waals surface area contributed by atoms with Crippen LogP contribution in [0.4, 0.5) is 5.69 Å². The second-order valence-electron chi connectivity index (χ2n) is 3.94. The number of hydrogen-bond acceptors (Lipinski definition) is 3. The van der Waals surface area contributed by atoms with Crippen molar-refractivity contribution in [3.8, 4) is 0 Å². The Hall–Kier alpha value is -0.780. The van der Waals surface area contributed by atoms with Crippen LogP contribution in [-0.2, 0) is 9.53 Å². The summed E-state index contributed by atoms with van der Waals surface area (Å²) in [6, 6.07) is 5.21. The van der Waals surface area contributed by atoms with E-state index < -0.39 is 11.5 Å². The maximum Gasteiger partial charge on any atom is 0.331 e. The Morgan fingerprint density at radius 1 is 1.59 bits per heavy atom. The first-order valence-corrected chi connectivity index (χ1v) is 6.25. The van der Waals surface area contributed by atoms with Gasteiger partial charge >= 0.3 is 5.97 Å². The van der Waals surface area contributed by atoms with E-state index in [-0.39, 0.29) is 6.61 Å². The first kappa shape index (κ1) is 12.7. The number of hydrogen-bond donors (Lipinski definition) is 2. The normalized spacial score (nSPS) is 23.6. The van der Waals surface area contributed by atoms with Gasteiger partial charge < -0.3 is 15.2 Å². The fraction of sp³-hybridized carbons (Fsp3) is 0.364. The number of rotatable bonds is 3. The molecular formula is C11H11BrClNO3. The van der Waals surface area contributed by atoms with E-state index in [4.69, 9.17) is 16.3 Å². The highest BCUT2D eigenvalue weighted by molar-refractivity contribution is 9.10. The minimum atomic E-state index is -1.03. The number of carbonyl (C=O) groups is 1. The molecule has 1 saturated heterocycles. The van der Waals surface area contributed by atoms with Gasteiger partial charge in [-0.05, 0) is 34.1 Å². The van der Waals surface area contributed by atoms with Crippen molar-refractivity contribution < 1.29 is 14.6 Å². The number of benzene rings is 1. The van der Waals surface area contributed by atoms with E-state index in [0.29, 0.717) is 23.7 Å². The second kappa shape index (κ2) is 4.84. The molecule has 0 amide bonds. The van der Waals surface area contributed by atoms with Gasteiger partial charge in [0.2, 0.25) is 0 Å². The second-order valence-corrected chi connectivity index (χ2v) is 5.21. The van der Waals surface area contributed by atoms with E-state index in [9.17, 15) is 9.90 Å². The third kappa shape index (κ3) is 2.56. The fourth-order valence-electron chi connectivity index (χ4n) is 1.74. The van der Waals surface area contributed by atoms with Crippen LogP contribution in [0.25, 0.3) is 0 Å². The van der Waals surface area contributed by atoms with Crippen LogP contribution < -0.4 is 5.32 Å². The molecule has 1 atom stereocenters. The molecule has 0 saturated carbocycles. The van der Waals surface area contributed by atoms with Crippen molar-refractivity contribution in [2.24, 2.45) is 0 Å². The Balaban J connectivity index is 2.23. The summed E-state index contributed by atoms with van der Waals surface area (Å²) in [5.74, 6) is -0.902. The molecule has 1 unspecified atom stereocenters. The van der Waals surface area contributed by atoms with Crippen LogP contribution >= 0.6 is 27.5 Å². The molecule has 0 radical (unpaired) electrons. The molecule has 0 aromatic heterocycles. The van der Waals surface area contributed by atoms with E-state index >= 15 is 0 Å². The van der Waals surface area contributed by atoms with Crippen molar-refractivity contribution in [3.63, 3.8) is 0 Å². The summed E-state index contributed by atoms with van der Waals surface area (Å²) >= 11 is 9.18. The molecule has 2 rings (SSSR count). The van der Waals surface area contributed by atoms with Crippen molar-refractivity contribution in [3.05, 3.63) is 27.7 Å². The van der Waals surface area contributed by atoms with Crippen molar-refractivity contribution >= 4 is 39.2 Å². The zero-order chi connectivity index (χ0) is 12.5. The maximum absolute atomic E-state index is 11.3. The van der Waals surface area contributed by atoms with E-state index in [1.807, 2.05) is 0 Å². The minimum Gasteiger partial charge on any atom is -0.479 e. The molecule has 1 aromatic carbocycles. The number of halogens is 2. The lowest BCUT2D eigenvalue weighted by molar-refractivity contribution is -0.142. The van der Waals surface area contributed by atoms with E-state index in [0.717, 1.165) is 4.47 Å². The molecule has 17 heavy (non-hydrogen) atoms. The molecule has 0 aliphatic carbocycles. The van der Waals surface area contributed by atoms with Crippen molar-refractivity contribution in [2.45, 2.75) is 12.0 Å². The summed E-state index contributed by atoms with van der Waals surface area (Å²) in [6.07, 6.45) is 0.447. The quantitative estimate of drug-likeness (QED) is 0.899. The van der Waals surface area contributed by atoms with Crippen LogP contribution in [0.15, 0.2) is 22.7 Å². The Morgan fingerprint density at radius 2 is 2.35 bits per heavy atom. The van der Waals surface area contributed by atoms with E-state index in [1.54, 1.807) is 18.2 Å². The van der Waals surface area contributed by atoms with Gasteiger partial charge in [0.25, 0.3) is 0 Å². The smallest absolute Gasteiger partial charge is 0.331 e. The molecule has 0 bridgehead atoms. The monoisotopic (exact) mass is 319 g/mol. The maximum atomic E-state index is 11.3. The average molecular weight is 321 g/mol. The molecule has 1 fully saturated rings. The topological polar surface area (TPSA) is 58.6 Å². The lowest BCUT2D eigenvalue weighted by Gasteiger charge is -2.25. The molecule has 6 heteroatoms. The van der Waals surface area contributed by atoms with Gasteiger partial charge in [0.1, 0.15) is 0 Å². The summed E-state index contributed by atoms with van der Waals surface area (Å²) in [6.45, 7) is 0.622. The molecule has 92 valence electrons. The van der Waals surface area contributed by atoms with Crippen molar-refractivity contribution in [1.29, 1.82) is 0 Å². The number of aliphatic carboxylic acids is 1. The average Bonchev–Trinajstić information content (AvgIpc) is 2.73. The van der Waals surface area contributed by atoms with Crippen molar-refractivity contribution in [2.75, 3.05) is 18.5 Å². The summed E-state index contributed by atoms with van der Waals surface area (Å²) < 4.78 is 5.89. The predicted molar refractivity (Wildman–Crippen MR) is 68.6 cm³/mol. The highest BCUT2D eigenvalue weighted by atomic mass is 79.9. The number of nitrogens with one attached hydrogen (secondary N) is 1.